The molecule has 2 rings (SSSR count). The molecule has 18 heavy (non-hydrogen) atoms. The van der Waals surface area contributed by atoms with E-state index in [0.717, 1.165) is 15.4 Å². The molecule has 0 N–H and O–H groups in total. The highest BCUT2D eigenvalue weighted by atomic mass is 19.1. The van der Waals surface area contributed by atoms with Crippen molar-refractivity contribution in [2.75, 3.05) is 0 Å². The van der Waals surface area contributed by atoms with Crippen molar-refractivity contribution in [3.63, 3.8) is 0 Å². The number of halogens is 3. The van der Waals surface area contributed by atoms with Crippen LogP contribution in [0, 0.1) is 0 Å². The molecule has 0 spiro atoms. The maximum Gasteiger partial charge on any atom is 0.466 e. The number of alkyl halides is 3. The highest BCUT2D eigenvalue weighted by Gasteiger charge is 2.31. The molecule has 0 atom stereocenters. The standard InChI is InChI=1S/C9H8B3F3O3/c13-3-6-1-7(4-14)9(8(2-6)5-15)12-17-10-16-11-18-12/h1-2H,3-5H2. The van der Waals surface area contributed by atoms with Crippen LogP contribution >= 0.6 is 0 Å². The maximum absolute atomic E-state index is 13.0. The summed E-state index contributed by atoms with van der Waals surface area (Å²) in [6.07, 6.45) is 0. The third kappa shape index (κ3) is 2.73. The van der Waals surface area contributed by atoms with Crippen molar-refractivity contribution >= 4 is 28.0 Å². The van der Waals surface area contributed by atoms with E-state index < -0.39 is 27.1 Å². The van der Waals surface area contributed by atoms with E-state index in [1.54, 1.807) is 0 Å². The van der Waals surface area contributed by atoms with Gasteiger partial charge in [0.15, 0.2) is 0 Å². The van der Waals surface area contributed by atoms with Crippen LogP contribution in [0.25, 0.3) is 0 Å². The third-order valence-electron chi connectivity index (χ3n) is 2.56. The zero-order chi connectivity index (χ0) is 13.0. The summed E-state index contributed by atoms with van der Waals surface area (Å²) in [4.78, 5) is 0. The van der Waals surface area contributed by atoms with Crippen molar-refractivity contribution < 1.29 is 26.9 Å². The quantitative estimate of drug-likeness (QED) is 0.747. The normalized spacial score (nSPS) is 15.2. The zero-order valence-corrected chi connectivity index (χ0v) is 9.37. The van der Waals surface area contributed by atoms with Gasteiger partial charge in [-0.2, -0.15) is 0 Å². The SMILES string of the molecule is FCc1cc(CF)c(B2O[B]O[B]O2)c(CF)c1. The molecule has 1 saturated heterocycles. The smallest absolute Gasteiger partial charge is 0.457 e. The van der Waals surface area contributed by atoms with Crippen LogP contribution in [0.15, 0.2) is 12.1 Å². The number of benzene rings is 1. The maximum atomic E-state index is 13.0. The van der Waals surface area contributed by atoms with Gasteiger partial charge < -0.3 is 13.7 Å². The predicted molar refractivity (Wildman–Crippen MR) is 61.0 cm³/mol. The molecule has 1 fully saturated rings. The van der Waals surface area contributed by atoms with Gasteiger partial charge >= 0.3 is 22.5 Å². The van der Waals surface area contributed by atoms with Gasteiger partial charge in [0, 0.05) is 0 Å². The minimum Gasteiger partial charge on any atom is -0.457 e. The van der Waals surface area contributed by atoms with E-state index in [1.165, 1.54) is 12.1 Å². The van der Waals surface area contributed by atoms with Gasteiger partial charge in [-0.25, -0.2) is 13.2 Å². The predicted octanol–water partition coefficient (Wildman–Crippen LogP) is 0.922. The van der Waals surface area contributed by atoms with E-state index in [2.05, 4.69) is 4.57 Å². The fourth-order valence-corrected chi connectivity index (χ4v) is 1.81. The van der Waals surface area contributed by atoms with Gasteiger partial charge in [0.1, 0.15) is 20.0 Å². The highest BCUT2D eigenvalue weighted by molar-refractivity contribution is 6.72. The lowest BCUT2D eigenvalue weighted by Crippen LogP contribution is -2.47. The van der Waals surface area contributed by atoms with Gasteiger partial charge in [-0.05, 0) is 22.2 Å². The molecule has 1 aromatic rings. The van der Waals surface area contributed by atoms with Crippen molar-refractivity contribution in [1.82, 2.24) is 0 Å². The molecule has 0 aromatic heterocycles. The monoisotopic (exact) mass is 254 g/mol. The van der Waals surface area contributed by atoms with Crippen LogP contribution in [0.2, 0.25) is 0 Å². The third-order valence-corrected chi connectivity index (χ3v) is 2.56. The summed E-state index contributed by atoms with van der Waals surface area (Å²) in [5, 5.41) is 0. The molecule has 9 heteroatoms. The Bertz CT molecular complexity index is 390. The molecule has 0 bridgehead atoms. The summed E-state index contributed by atoms with van der Waals surface area (Å²) in [6.45, 7) is -2.51. The molecule has 92 valence electrons. The van der Waals surface area contributed by atoms with E-state index >= 15 is 0 Å². The minimum atomic E-state index is -0.982. The van der Waals surface area contributed by atoms with Crippen LogP contribution in [-0.2, 0) is 33.7 Å². The molecular formula is C9H8B3F3O3. The highest BCUT2D eigenvalue weighted by Crippen LogP contribution is 2.15. The lowest BCUT2D eigenvalue weighted by molar-refractivity contribution is 0.332. The minimum absolute atomic E-state index is 0.145. The second kappa shape index (κ2) is 6.31. The summed E-state index contributed by atoms with van der Waals surface area (Å²) in [7, 11) is 1.02. The van der Waals surface area contributed by atoms with Gasteiger partial charge in [-0.1, -0.05) is 12.1 Å². The van der Waals surface area contributed by atoms with Crippen molar-refractivity contribution in [3.05, 3.63) is 28.8 Å². The van der Waals surface area contributed by atoms with Crippen LogP contribution in [0.5, 0.6) is 0 Å². The Morgan fingerprint density at radius 2 is 1.50 bits per heavy atom. The van der Waals surface area contributed by atoms with E-state index in [-0.39, 0.29) is 22.2 Å². The number of hydrogen-bond donors (Lipinski definition) is 0. The van der Waals surface area contributed by atoms with Crippen LogP contribution < -0.4 is 5.46 Å². The van der Waals surface area contributed by atoms with E-state index in [1.807, 2.05) is 0 Å². The molecule has 1 heterocycles. The van der Waals surface area contributed by atoms with Gasteiger partial charge in [-0.15, -0.1) is 0 Å². The summed E-state index contributed by atoms with van der Waals surface area (Å²) in [6, 6.07) is 2.66. The molecule has 0 unspecified atom stereocenters. The lowest BCUT2D eigenvalue weighted by Gasteiger charge is -2.22. The number of rotatable bonds is 4. The first kappa shape index (κ1) is 13.5. The molecule has 0 saturated carbocycles. The van der Waals surface area contributed by atoms with Crippen molar-refractivity contribution in [3.8, 4) is 0 Å². The van der Waals surface area contributed by atoms with Gasteiger partial charge in [0.25, 0.3) is 0 Å². The lowest BCUT2D eigenvalue weighted by atomic mass is 9.70. The first-order valence-corrected chi connectivity index (χ1v) is 5.22. The Kier molecular flexibility index (Phi) is 4.74. The van der Waals surface area contributed by atoms with Crippen LogP contribution in [-0.4, -0.2) is 22.5 Å². The fraction of sp³-hybridized carbons (Fsp3) is 0.333. The van der Waals surface area contributed by atoms with E-state index in [9.17, 15) is 13.2 Å². The fourth-order valence-electron chi connectivity index (χ4n) is 1.81. The molecule has 3 nitrogen and oxygen atoms in total. The average Bonchev–Trinajstić information content (AvgIpc) is 2.46. The van der Waals surface area contributed by atoms with Crippen molar-refractivity contribution in [2.45, 2.75) is 20.0 Å². The second-order valence-electron chi connectivity index (χ2n) is 3.66. The Morgan fingerprint density at radius 3 is 1.94 bits per heavy atom. The zero-order valence-electron chi connectivity index (χ0n) is 9.37. The first-order valence-electron chi connectivity index (χ1n) is 5.22. The van der Waals surface area contributed by atoms with Gasteiger partial charge in [-0.3, -0.25) is 0 Å². The molecule has 0 amide bonds. The second-order valence-corrected chi connectivity index (χ2v) is 3.66. The Labute approximate surface area is 104 Å². The summed E-state index contributed by atoms with van der Waals surface area (Å²) < 4.78 is 53.1. The Hall–Kier alpha value is -0.915. The van der Waals surface area contributed by atoms with Crippen molar-refractivity contribution in [1.29, 1.82) is 0 Å². The molecule has 1 aliphatic heterocycles. The molecule has 1 aromatic carbocycles. The summed E-state index contributed by atoms with van der Waals surface area (Å²) in [5.74, 6) is 0. The first-order chi connectivity index (χ1) is 8.80. The summed E-state index contributed by atoms with van der Waals surface area (Å²) in [5.41, 5.74) is 0.741. The van der Waals surface area contributed by atoms with Gasteiger partial charge in [0.2, 0.25) is 0 Å². The van der Waals surface area contributed by atoms with Crippen LogP contribution in [0.4, 0.5) is 13.2 Å². The molecular weight excluding hydrogens is 246 g/mol. The molecule has 1 aliphatic rings. The Morgan fingerprint density at radius 1 is 0.944 bits per heavy atom. The number of hydrogen-bond acceptors (Lipinski definition) is 3. The van der Waals surface area contributed by atoms with E-state index in [0.29, 0.717) is 0 Å². The molecule has 0 aliphatic carbocycles. The summed E-state index contributed by atoms with van der Waals surface area (Å²) >= 11 is 0. The van der Waals surface area contributed by atoms with Crippen molar-refractivity contribution in [2.24, 2.45) is 0 Å². The topological polar surface area (TPSA) is 27.7 Å². The van der Waals surface area contributed by atoms with Gasteiger partial charge in [0.05, 0.1) is 0 Å². The van der Waals surface area contributed by atoms with E-state index in [4.69, 9.17) is 9.14 Å². The van der Waals surface area contributed by atoms with Crippen LogP contribution in [0.3, 0.4) is 0 Å². The molecule has 2 radical (unpaired) electrons. The average molecular weight is 254 g/mol. The van der Waals surface area contributed by atoms with Crippen LogP contribution in [0.1, 0.15) is 16.7 Å². The Balaban J connectivity index is 2.41. The largest absolute Gasteiger partial charge is 0.466 e.